The van der Waals surface area contributed by atoms with Crippen molar-refractivity contribution in [2.24, 2.45) is 0 Å². The lowest BCUT2D eigenvalue weighted by Crippen LogP contribution is -2.27. The molecule has 0 saturated heterocycles. The number of nitrogen functional groups attached to an aromatic ring is 1. The predicted octanol–water partition coefficient (Wildman–Crippen LogP) is 2.27. The van der Waals surface area contributed by atoms with Gasteiger partial charge in [0.25, 0.3) is 0 Å². The van der Waals surface area contributed by atoms with Crippen molar-refractivity contribution in [3.8, 4) is 0 Å². The lowest BCUT2D eigenvalue weighted by molar-refractivity contribution is -0.136. The predicted molar refractivity (Wildman–Crippen MR) is 62.9 cm³/mol. The number of alkyl halides is 3. The van der Waals surface area contributed by atoms with Gasteiger partial charge in [0, 0.05) is 18.7 Å². The number of hydrogen-bond donors (Lipinski definition) is 2. The molecule has 0 radical (unpaired) electrons. The Morgan fingerprint density at radius 3 is 2.67 bits per heavy atom. The van der Waals surface area contributed by atoms with Crippen molar-refractivity contribution in [3.05, 3.63) is 29.8 Å². The molecule has 1 aromatic rings. The molecular formula is C12H15F3N2O. The van der Waals surface area contributed by atoms with Crippen LogP contribution in [0.25, 0.3) is 0 Å². The smallest absolute Gasteiger partial charge is 0.389 e. The highest BCUT2D eigenvalue weighted by Gasteiger charge is 2.25. The molecule has 1 rings (SSSR count). The summed E-state index contributed by atoms with van der Waals surface area (Å²) in [6, 6.07) is 6.83. The van der Waals surface area contributed by atoms with Crippen LogP contribution in [0.4, 0.5) is 18.9 Å². The summed E-state index contributed by atoms with van der Waals surface area (Å²) in [6.07, 6.45) is -5.03. The standard InChI is InChI=1S/C12H15F3N2O/c13-12(14,15)5-2-6-17-11(18)8-9-3-1-4-10(16)7-9/h1,3-4,7H,2,5-6,8,16H2,(H,17,18). The van der Waals surface area contributed by atoms with Gasteiger partial charge in [0.1, 0.15) is 0 Å². The van der Waals surface area contributed by atoms with Gasteiger partial charge in [-0.1, -0.05) is 12.1 Å². The Morgan fingerprint density at radius 1 is 1.33 bits per heavy atom. The van der Waals surface area contributed by atoms with Crippen molar-refractivity contribution in [1.29, 1.82) is 0 Å². The highest BCUT2D eigenvalue weighted by molar-refractivity contribution is 5.78. The van der Waals surface area contributed by atoms with Gasteiger partial charge >= 0.3 is 6.18 Å². The normalized spacial score (nSPS) is 11.3. The van der Waals surface area contributed by atoms with E-state index in [4.69, 9.17) is 5.73 Å². The zero-order chi connectivity index (χ0) is 13.6. The van der Waals surface area contributed by atoms with Crippen molar-refractivity contribution < 1.29 is 18.0 Å². The zero-order valence-electron chi connectivity index (χ0n) is 9.76. The molecule has 0 unspecified atom stereocenters. The van der Waals surface area contributed by atoms with Gasteiger partial charge in [-0.2, -0.15) is 13.2 Å². The molecule has 0 aliphatic carbocycles. The van der Waals surface area contributed by atoms with Crippen LogP contribution in [0.2, 0.25) is 0 Å². The van der Waals surface area contributed by atoms with Crippen molar-refractivity contribution in [2.75, 3.05) is 12.3 Å². The summed E-state index contributed by atoms with van der Waals surface area (Å²) in [6.45, 7) is 0.0284. The molecule has 6 heteroatoms. The molecule has 0 aliphatic rings. The van der Waals surface area contributed by atoms with Gasteiger partial charge in [0.2, 0.25) is 5.91 Å². The lowest BCUT2D eigenvalue weighted by Gasteiger charge is -2.07. The van der Waals surface area contributed by atoms with E-state index in [1.165, 1.54) is 0 Å². The number of hydrogen-bond acceptors (Lipinski definition) is 2. The summed E-state index contributed by atoms with van der Waals surface area (Å²) in [5.74, 6) is -0.303. The highest BCUT2D eigenvalue weighted by Crippen LogP contribution is 2.20. The number of carbonyl (C=O) groups excluding carboxylic acids is 1. The molecule has 0 aliphatic heterocycles. The van der Waals surface area contributed by atoms with Crippen LogP contribution in [0.3, 0.4) is 0 Å². The molecule has 0 saturated carbocycles. The van der Waals surface area contributed by atoms with Gasteiger partial charge in [-0.25, -0.2) is 0 Å². The summed E-state index contributed by atoms with van der Waals surface area (Å²) in [7, 11) is 0. The zero-order valence-corrected chi connectivity index (χ0v) is 9.76. The van der Waals surface area contributed by atoms with Gasteiger partial charge in [-0.3, -0.25) is 4.79 Å². The van der Waals surface area contributed by atoms with Crippen LogP contribution >= 0.6 is 0 Å². The summed E-state index contributed by atoms with van der Waals surface area (Å²) >= 11 is 0. The minimum absolute atomic E-state index is 0.0284. The number of halogens is 3. The third kappa shape index (κ3) is 6.12. The van der Waals surface area contributed by atoms with Gasteiger partial charge < -0.3 is 11.1 Å². The number of carbonyl (C=O) groups is 1. The van der Waals surface area contributed by atoms with Crippen LogP contribution in [0.5, 0.6) is 0 Å². The van der Waals surface area contributed by atoms with Crippen LogP contribution in [-0.2, 0) is 11.2 Å². The van der Waals surface area contributed by atoms with Crippen molar-refractivity contribution in [2.45, 2.75) is 25.4 Å². The van der Waals surface area contributed by atoms with Gasteiger partial charge in [-0.15, -0.1) is 0 Å². The van der Waals surface area contributed by atoms with Crippen LogP contribution in [0.15, 0.2) is 24.3 Å². The van der Waals surface area contributed by atoms with Crippen molar-refractivity contribution in [1.82, 2.24) is 5.32 Å². The molecule has 0 aromatic heterocycles. The van der Waals surface area contributed by atoms with Crippen LogP contribution < -0.4 is 11.1 Å². The maximum absolute atomic E-state index is 11.8. The van der Waals surface area contributed by atoms with E-state index in [0.717, 1.165) is 5.56 Å². The molecule has 100 valence electrons. The lowest BCUT2D eigenvalue weighted by atomic mass is 10.1. The van der Waals surface area contributed by atoms with E-state index in [0.29, 0.717) is 5.69 Å². The Balaban J connectivity index is 2.26. The molecule has 0 spiro atoms. The van der Waals surface area contributed by atoms with Crippen molar-refractivity contribution in [3.63, 3.8) is 0 Å². The largest absolute Gasteiger partial charge is 0.399 e. The molecule has 0 fully saturated rings. The molecule has 3 N–H and O–H groups in total. The van der Waals surface area contributed by atoms with Crippen LogP contribution in [-0.4, -0.2) is 18.6 Å². The van der Waals surface area contributed by atoms with Gasteiger partial charge in [0.15, 0.2) is 0 Å². The Labute approximate surface area is 103 Å². The van der Waals surface area contributed by atoms with E-state index in [1.807, 2.05) is 0 Å². The average Bonchev–Trinajstić information content (AvgIpc) is 2.23. The summed E-state index contributed by atoms with van der Waals surface area (Å²) in [4.78, 5) is 11.4. The van der Waals surface area contributed by atoms with E-state index in [1.54, 1.807) is 24.3 Å². The Morgan fingerprint density at radius 2 is 2.06 bits per heavy atom. The summed E-state index contributed by atoms with van der Waals surface area (Å²) < 4.78 is 35.5. The number of anilines is 1. The summed E-state index contributed by atoms with van der Waals surface area (Å²) in [5.41, 5.74) is 6.84. The number of rotatable bonds is 5. The maximum atomic E-state index is 11.8. The van der Waals surface area contributed by atoms with E-state index in [-0.39, 0.29) is 25.3 Å². The van der Waals surface area contributed by atoms with Crippen LogP contribution in [0, 0.1) is 0 Å². The van der Waals surface area contributed by atoms with Gasteiger partial charge in [0.05, 0.1) is 6.42 Å². The van der Waals surface area contributed by atoms with E-state index in [2.05, 4.69) is 5.32 Å². The van der Waals surface area contributed by atoms with E-state index in [9.17, 15) is 18.0 Å². The summed E-state index contributed by atoms with van der Waals surface area (Å²) in [5, 5.41) is 2.44. The number of nitrogens with two attached hydrogens (primary N) is 1. The molecular weight excluding hydrogens is 245 g/mol. The molecule has 18 heavy (non-hydrogen) atoms. The molecule has 0 atom stereocenters. The van der Waals surface area contributed by atoms with E-state index >= 15 is 0 Å². The minimum atomic E-state index is -4.17. The molecule has 0 heterocycles. The Hall–Kier alpha value is -1.72. The first kappa shape index (κ1) is 14.3. The fraction of sp³-hybridized carbons (Fsp3) is 0.417. The molecule has 1 amide bonds. The first-order valence-electron chi connectivity index (χ1n) is 5.55. The highest BCUT2D eigenvalue weighted by atomic mass is 19.4. The number of benzene rings is 1. The molecule has 3 nitrogen and oxygen atoms in total. The molecule has 1 aromatic carbocycles. The minimum Gasteiger partial charge on any atom is -0.399 e. The Kier molecular flexibility index (Phi) is 5.00. The van der Waals surface area contributed by atoms with Crippen molar-refractivity contribution >= 4 is 11.6 Å². The number of amides is 1. The third-order valence-corrected chi connectivity index (χ3v) is 2.27. The molecule has 0 bridgehead atoms. The fourth-order valence-corrected chi connectivity index (χ4v) is 1.47. The second-order valence-electron chi connectivity index (χ2n) is 3.99. The second kappa shape index (κ2) is 6.28. The van der Waals surface area contributed by atoms with Crippen LogP contribution in [0.1, 0.15) is 18.4 Å². The topological polar surface area (TPSA) is 55.1 Å². The SMILES string of the molecule is Nc1cccc(CC(=O)NCCCC(F)(F)F)c1. The second-order valence-corrected chi connectivity index (χ2v) is 3.99. The monoisotopic (exact) mass is 260 g/mol. The van der Waals surface area contributed by atoms with E-state index < -0.39 is 12.6 Å². The average molecular weight is 260 g/mol. The number of nitrogens with one attached hydrogen (secondary N) is 1. The first-order valence-corrected chi connectivity index (χ1v) is 5.55. The first-order chi connectivity index (χ1) is 8.37. The third-order valence-electron chi connectivity index (χ3n) is 2.27. The van der Waals surface area contributed by atoms with Gasteiger partial charge in [-0.05, 0) is 24.1 Å². The maximum Gasteiger partial charge on any atom is 0.389 e. The quantitative estimate of drug-likeness (QED) is 0.630. The fourth-order valence-electron chi connectivity index (χ4n) is 1.47. The Bertz CT molecular complexity index is 405.